The minimum atomic E-state index is -1.00. The van der Waals surface area contributed by atoms with E-state index in [1.807, 2.05) is 13.8 Å². The Labute approximate surface area is 107 Å². The van der Waals surface area contributed by atoms with E-state index in [1.165, 1.54) is 40.2 Å². The van der Waals surface area contributed by atoms with Gasteiger partial charge in [0, 0.05) is 6.10 Å². The topological polar surface area (TPSA) is 37.3 Å². The van der Waals surface area contributed by atoms with E-state index in [9.17, 15) is 9.18 Å². The molecule has 0 spiro atoms. The molecule has 0 aromatic rings. The molecular formula is C14H31FO2. The lowest BCUT2D eigenvalue weighted by atomic mass is 10.2. The number of Topliss-reactive ketones (excluding diaryl/α,β-unsaturated/α-hetero) is 1. The molecule has 0 amide bonds. The monoisotopic (exact) mass is 250 g/mol. The van der Waals surface area contributed by atoms with Crippen LogP contribution in [0, 0.1) is 0 Å². The van der Waals surface area contributed by atoms with Gasteiger partial charge in [-0.2, -0.15) is 0 Å². The second-order valence-corrected chi connectivity index (χ2v) is 5.28. The first-order chi connectivity index (χ1) is 7.20. The molecule has 2 nitrogen and oxygen atoms in total. The largest absolute Gasteiger partial charge is 0.394 e. The molecule has 0 rings (SSSR count). The summed E-state index contributed by atoms with van der Waals surface area (Å²) < 4.78 is 11.7. The second-order valence-electron chi connectivity index (χ2n) is 5.28. The van der Waals surface area contributed by atoms with E-state index < -0.39 is 5.67 Å². The molecule has 0 saturated heterocycles. The number of aliphatic hydroxyl groups is 1. The Morgan fingerprint density at radius 2 is 1.12 bits per heavy atom. The van der Waals surface area contributed by atoms with Crippen LogP contribution in [0.3, 0.4) is 0 Å². The SMILES string of the molecule is C=C(C)C.CC(C)(C)F.CC(C)=O.CC(C)O. The van der Waals surface area contributed by atoms with Crippen molar-refractivity contribution in [2.75, 3.05) is 0 Å². The summed E-state index contributed by atoms with van der Waals surface area (Å²) in [5, 5.41) is 8.06. The van der Waals surface area contributed by atoms with E-state index in [0.717, 1.165) is 0 Å². The summed E-state index contributed by atoms with van der Waals surface area (Å²) in [6.07, 6.45) is -0.167. The molecule has 0 aromatic carbocycles. The van der Waals surface area contributed by atoms with Crippen LogP contribution in [0.15, 0.2) is 12.2 Å². The highest BCUT2D eigenvalue weighted by molar-refractivity contribution is 5.72. The third kappa shape index (κ3) is 5520. The number of carbonyl (C=O) groups is 1. The van der Waals surface area contributed by atoms with Crippen LogP contribution in [-0.2, 0) is 4.79 Å². The maximum Gasteiger partial charge on any atom is 0.126 e. The highest BCUT2D eigenvalue weighted by Gasteiger charge is 2.01. The summed E-state index contributed by atoms with van der Waals surface area (Å²) in [7, 11) is 0. The van der Waals surface area contributed by atoms with Gasteiger partial charge in [0.05, 0.1) is 0 Å². The van der Waals surface area contributed by atoms with Crippen LogP contribution >= 0.6 is 0 Å². The number of hydrogen-bond acceptors (Lipinski definition) is 2. The van der Waals surface area contributed by atoms with Crippen molar-refractivity contribution in [2.45, 2.75) is 74.1 Å². The van der Waals surface area contributed by atoms with Gasteiger partial charge in [0.2, 0.25) is 0 Å². The Morgan fingerprint density at radius 1 is 1.12 bits per heavy atom. The van der Waals surface area contributed by atoms with Gasteiger partial charge in [-0.05, 0) is 62.3 Å². The van der Waals surface area contributed by atoms with Gasteiger partial charge in [-0.1, -0.05) is 5.57 Å². The Hall–Kier alpha value is -0.700. The molecular weight excluding hydrogens is 219 g/mol. The van der Waals surface area contributed by atoms with Crippen LogP contribution in [0.2, 0.25) is 0 Å². The average molecular weight is 250 g/mol. The molecule has 17 heavy (non-hydrogen) atoms. The number of ketones is 1. The van der Waals surface area contributed by atoms with Crippen LogP contribution in [0.5, 0.6) is 0 Å². The summed E-state index contributed by atoms with van der Waals surface area (Å²) in [4.78, 5) is 9.44. The van der Waals surface area contributed by atoms with Crippen molar-refractivity contribution in [3.63, 3.8) is 0 Å². The maximum atomic E-state index is 11.7. The molecule has 3 heteroatoms. The quantitative estimate of drug-likeness (QED) is 0.650. The number of alkyl halides is 1. The molecule has 1 N–H and O–H groups in total. The van der Waals surface area contributed by atoms with Gasteiger partial charge >= 0.3 is 0 Å². The lowest BCUT2D eigenvalue weighted by molar-refractivity contribution is -0.114. The fourth-order valence-corrected chi connectivity index (χ4v) is 0. The first-order valence-corrected chi connectivity index (χ1v) is 5.66. The molecule has 0 radical (unpaired) electrons. The van der Waals surface area contributed by atoms with Crippen LogP contribution < -0.4 is 0 Å². The van der Waals surface area contributed by atoms with Gasteiger partial charge in [0.15, 0.2) is 0 Å². The standard InChI is InChI=1S/C4H9F.C4H8.C3H8O.C3H6O/c1-4(2,3)5;1-4(2)3;2*1-3(2)4/h1-3H3;1H2,2-3H3;3-4H,1-2H3;1-2H3. The zero-order valence-corrected chi connectivity index (χ0v) is 13.0. The minimum absolute atomic E-state index is 0.167. The summed E-state index contributed by atoms with van der Waals surface area (Å²) in [6.45, 7) is 18.6. The van der Waals surface area contributed by atoms with E-state index in [4.69, 9.17) is 5.11 Å². The Kier molecular flexibility index (Phi) is 22.7. The first-order valence-electron chi connectivity index (χ1n) is 5.66. The molecule has 0 aliphatic rings. The normalized spacial score (nSPS) is 8.71. The molecule has 0 aliphatic carbocycles. The zero-order valence-electron chi connectivity index (χ0n) is 13.0. The van der Waals surface area contributed by atoms with Gasteiger partial charge in [-0.3, -0.25) is 0 Å². The lowest BCUT2D eigenvalue weighted by Crippen LogP contribution is -2.01. The third-order valence-electron chi connectivity index (χ3n) is 0. The molecule has 0 aliphatic heterocycles. The van der Waals surface area contributed by atoms with Crippen molar-refractivity contribution in [2.24, 2.45) is 0 Å². The molecule has 0 heterocycles. The highest BCUT2D eigenvalue weighted by Crippen LogP contribution is 2.02. The fraction of sp³-hybridized carbons (Fsp3) is 0.786. The fourth-order valence-electron chi connectivity index (χ4n) is 0. The van der Waals surface area contributed by atoms with E-state index in [1.54, 1.807) is 13.8 Å². The van der Waals surface area contributed by atoms with Gasteiger partial charge in [-0.25, -0.2) is 4.39 Å². The van der Waals surface area contributed by atoms with Crippen LogP contribution in [-0.4, -0.2) is 22.7 Å². The van der Waals surface area contributed by atoms with E-state index in [0.29, 0.717) is 0 Å². The molecule has 0 atom stereocenters. The van der Waals surface area contributed by atoms with Crippen molar-refractivity contribution in [1.29, 1.82) is 0 Å². The predicted molar refractivity (Wildman–Crippen MR) is 75.1 cm³/mol. The van der Waals surface area contributed by atoms with E-state index in [2.05, 4.69) is 6.58 Å². The predicted octanol–water partition coefficient (Wildman–Crippen LogP) is 4.32. The Bertz CT molecular complexity index is 150. The van der Waals surface area contributed by atoms with Crippen LogP contribution in [0.1, 0.15) is 62.3 Å². The summed E-state index contributed by atoms with van der Waals surface area (Å²) in [5.74, 6) is 0.167. The number of rotatable bonds is 0. The lowest BCUT2D eigenvalue weighted by Gasteiger charge is -1.99. The van der Waals surface area contributed by atoms with Gasteiger partial charge in [-0.15, -0.1) is 6.58 Å². The molecule has 0 bridgehead atoms. The Balaban J connectivity index is -0.0000000667. The highest BCUT2D eigenvalue weighted by atomic mass is 19.1. The maximum absolute atomic E-state index is 11.7. The summed E-state index contributed by atoms with van der Waals surface area (Å²) in [5.41, 5.74) is 0.167. The van der Waals surface area contributed by atoms with E-state index >= 15 is 0 Å². The smallest absolute Gasteiger partial charge is 0.126 e. The number of carbonyl (C=O) groups excluding carboxylic acids is 1. The molecule has 0 fully saturated rings. The number of allylic oxidation sites excluding steroid dienone is 1. The minimum Gasteiger partial charge on any atom is -0.394 e. The molecule has 0 aromatic heterocycles. The number of hydrogen-bond donors (Lipinski definition) is 1. The zero-order chi connectivity index (χ0) is 15.2. The summed E-state index contributed by atoms with van der Waals surface area (Å²) >= 11 is 0. The van der Waals surface area contributed by atoms with Gasteiger partial charge in [0.25, 0.3) is 0 Å². The molecule has 0 unspecified atom stereocenters. The van der Waals surface area contributed by atoms with Crippen molar-refractivity contribution in [3.05, 3.63) is 12.2 Å². The van der Waals surface area contributed by atoms with Gasteiger partial charge < -0.3 is 9.90 Å². The summed E-state index contributed by atoms with van der Waals surface area (Å²) in [6, 6.07) is 0. The van der Waals surface area contributed by atoms with Crippen LogP contribution in [0.25, 0.3) is 0 Å². The first kappa shape index (κ1) is 25.2. The van der Waals surface area contributed by atoms with Crippen LogP contribution in [0.4, 0.5) is 4.39 Å². The molecule has 106 valence electrons. The van der Waals surface area contributed by atoms with Crippen molar-refractivity contribution in [3.8, 4) is 0 Å². The molecule has 0 saturated carbocycles. The third-order valence-corrected chi connectivity index (χ3v) is 0. The second kappa shape index (κ2) is 15.3. The van der Waals surface area contributed by atoms with Crippen molar-refractivity contribution in [1.82, 2.24) is 0 Å². The number of halogens is 1. The van der Waals surface area contributed by atoms with Crippen molar-refractivity contribution >= 4 is 5.78 Å². The number of aliphatic hydroxyl groups excluding tert-OH is 1. The Morgan fingerprint density at radius 3 is 1.12 bits per heavy atom. The van der Waals surface area contributed by atoms with E-state index in [-0.39, 0.29) is 11.9 Å². The van der Waals surface area contributed by atoms with Crippen molar-refractivity contribution < 1.29 is 14.3 Å². The van der Waals surface area contributed by atoms with Gasteiger partial charge in [0.1, 0.15) is 11.5 Å². The average Bonchev–Trinajstić information content (AvgIpc) is 1.73.